The molecule has 1 N–H and O–H groups in total. The normalized spacial score (nSPS) is 21.7. The van der Waals surface area contributed by atoms with Crippen molar-refractivity contribution in [3.8, 4) is 11.5 Å². The van der Waals surface area contributed by atoms with E-state index in [0.717, 1.165) is 50.7 Å². The second kappa shape index (κ2) is 7.66. The highest BCUT2D eigenvalue weighted by molar-refractivity contribution is 5.31. The Morgan fingerprint density at radius 3 is 2.52 bits per heavy atom. The predicted octanol–water partition coefficient (Wildman–Crippen LogP) is 2.87. The Kier molecular flexibility index (Phi) is 5.88. The first kappa shape index (κ1) is 16.1. The van der Waals surface area contributed by atoms with E-state index in [9.17, 15) is 0 Å². The summed E-state index contributed by atoms with van der Waals surface area (Å²) in [4.78, 5) is 0. The summed E-state index contributed by atoms with van der Waals surface area (Å²) >= 11 is 0. The van der Waals surface area contributed by atoms with Crippen LogP contribution in [0.4, 0.5) is 0 Å². The molecular weight excluding hydrogens is 266 g/mol. The molecule has 0 radical (unpaired) electrons. The molecule has 1 unspecified atom stereocenters. The fraction of sp³-hybridized carbons (Fsp3) is 0.647. The standard InChI is InChI=1S/C17H27NO3/c1-14(2)18-12-17(8-10-20-13-17)9-11-21-16-6-4-15(19-3)5-7-16/h4-7,14,18H,8-13H2,1-3H3. The molecule has 0 spiro atoms. The van der Waals surface area contributed by atoms with E-state index in [1.54, 1.807) is 7.11 Å². The van der Waals surface area contributed by atoms with Crippen LogP contribution >= 0.6 is 0 Å². The lowest BCUT2D eigenvalue weighted by atomic mass is 9.84. The van der Waals surface area contributed by atoms with Crippen molar-refractivity contribution in [2.24, 2.45) is 5.41 Å². The molecule has 1 aromatic carbocycles. The van der Waals surface area contributed by atoms with Crippen LogP contribution in [0.2, 0.25) is 0 Å². The summed E-state index contributed by atoms with van der Waals surface area (Å²) in [5.74, 6) is 1.74. The van der Waals surface area contributed by atoms with Gasteiger partial charge in [0, 0.05) is 24.6 Å². The first-order chi connectivity index (χ1) is 10.1. The van der Waals surface area contributed by atoms with Crippen molar-refractivity contribution < 1.29 is 14.2 Å². The number of hydrogen-bond acceptors (Lipinski definition) is 4. The van der Waals surface area contributed by atoms with Crippen molar-refractivity contribution in [1.29, 1.82) is 0 Å². The van der Waals surface area contributed by atoms with E-state index in [0.29, 0.717) is 6.04 Å². The SMILES string of the molecule is COc1ccc(OCCC2(CNC(C)C)CCOC2)cc1. The van der Waals surface area contributed by atoms with Gasteiger partial charge < -0.3 is 19.5 Å². The van der Waals surface area contributed by atoms with E-state index in [1.807, 2.05) is 24.3 Å². The topological polar surface area (TPSA) is 39.7 Å². The first-order valence-corrected chi connectivity index (χ1v) is 7.72. The fourth-order valence-electron chi connectivity index (χ4n) is 2.55. The van der Waals surface area contributed by atoms with Gasteiger partial charge in [-0.3, -0.25) is 0 Å². The molecule has 1 aliphatic rings. The first-order valence-electron chi connectivity index (χ1n) is 7.72. The number of benzene rings is 1. The molecule has 4 nitrogen and oxygen atoms in total. The minimum absolute atomic E-state index is 0.219. The molecule has 1 heterocycles. The Hall–Kier alpha value is -1.26. The molecule has 1 atom stereocenters. The third kappa shape index (κ3) is 4.90. The van der Waals surface area contributed by atoms with Crippen LogP contribution in [0.3, 0.4) is 0 Å². The summed E-state index contributed by atoms with van der Waals surface area (Å²) in [6, 6.07) is 8.24. The lowest BCUT2D eigenvalue weighted by molar-refractivity contribution is 0.127. The molecule has 0 aliphatic carbocycles. The third-order valence-electron chi connectivity index (χ3n) is 4.03. The zero-order valence-corrected chi connectivity index (χ0v) is 13.4. The predicted molar refractivity (Wildman–Crippen MR) is 84.1 cm³/mol. The van der Waals surface area contributed by atoms with Gasteiger partial charge in [0.05, 0.1) is 20.3 Å². The van der Waals surface area contributed by atoms with Crippen molar-refractivity contribution in [3.05, 3.63) is 24.3 Å². The van der Waals surface area contributed by atoms with Gasteiger partial charge in [0.1, 0.15) is 11.5 Å². The molecule has 1 saturated heterocycles. The van der Waals surface area contributed by atoms with Crippen LogP contribution in [0.15, 0.2) is 24.3 Å². The minimum atomic E-state index is 0.219. The van der Waals surface area contributed by atoms with Crippen LogP contribution in [-0.4, -0.2) is 39.5 Å². The Labute approximate surface area is 127 Å². The summed E-state index contributed by atoms with van der Waals surface area (Å²) in [6.07, 6.45) is 2.12. The summed E-state index contributed by atoms with van der Waals surface area (Å²) in [5, 5.41) is 3.54. The molecule has 0 saturated carbocycles. The second-order valence-electron chi connectivity index (χ2n) is 6.11. The van der Waals surface area contributed by atoms with Gasteiger partial charge in [-0.25, -0.2) is 0 Å². The summed E-state index contributed by atoms with van der Waals surface area (Å²) in [6.45, 7) is 7.77. The molecule has 0 amide bonds. The Balaban J connectivity index is 1.81. The number of methoxy groups -OCH3 is 1. The van der Waals surface area contributed by atoms with Crippen LogP contribution < -0.4 is 14.8 Å². The van der Waals surface area contributed by atoms with E-state index < -0.39 is 0 Å². The highest BCUT2D eigenvalue weighted by atomic mass is 16.5. The largest absolute Gasteiger partial charge is 0.497 e. The maximum atomic E-state index is 5.86. The molecule has 21 heavy (non-hydrogen) atoms. The number of nitrogens with one attached hydrogen (secondary N) is 1. The lowest BCUT2D eigenvalue weighted by Crippen LogP contribution is -2.39. The number of ether oxygens (including phenoxy) is 3. The average Bonchev–Trinajstić information content (AvgIpc) is 2.95. The zero-order valence-electron chi connectivity index (χ0n) is 13.4. The summed E-state index contributed by atoms with van der Waals surface area (Å²) < 4.78 is 16.6. The van der Waals surface area contributed by atoms with E-state index >= 15 is 0 Å². The molecule has 0 bridgehead atoms. The Morgan fingerprint density at radius 1 is 1.24 bits per heavy atom. The molecule has 1 aromatic rings. The van der Waals surface area contributed by atoms with E-state index in [-0.39, 0.29) is 5.41 Å². The molecule has 118 valence electrons. The lowest BCUT2D eigenvalue weighted by Gasteiger charge is -2.28. The monoisotopic (exact) mass is 293 g/mol. The van der Waals surface area contributed by atoms with Gasteiger partial charge in [-0.05, 0) is 37.1 Å². The van der Waals surface area contributed by atoms with Crippen LogP contribution in [0.5, 0.6) is 11.5 Å². The van der Waals surface area contributed by atoms with Gasteiger partial charge in [-0.15, -0.1) is 0 Å². The van der Waals surface area contributed by atoms with Crippen molar-refractivity contribution in [1.82, 2.24) is 5.32 Å². The van der Waals surface area contributed by atoms with Crippen LogP contribution in [0, 0.1) is 5.41 Å². The smallest absolute Gasteiger partial charge is 0.119 e. The quantitative estimate of drug-likeness (QED) is 0.800. The Bertz CT molecular complexity index is 411. The highest BCUT2D eigenvalue weighted by Crippen LogP contribution is 2.32. The van der Waals surface area contributed by atoms with Gasteiger partial charge in [-0.1, -0.05) is 13.8 Å². The number of hydrogen-bond donors (Lipinski definition) is 1. The second-order valence-corrected chi connectivity index (χ2v) is 6.11. The fourth-order valence-corrected chi connectivity index (χ4v) is 2.55. The van der Waals surface area contributed by atoms with Crippen LogP contribution in [-0.2, 0) is 4.74 Å². The summed E-state index contributed by atoms with van der Waals surface area (Å²) in [7, 11) is 1.67. The van der Waals surface area contributed by atoms with Gasteiger partial charge >= 0.3 is 0 Å². The van der Waals surface area contributed by atoms with Crippen LogP contribution in [0.25, 0.3) is 0 Å². The van der Waals surface area contributed by atoms with Gasteiger partial charge in [0.15, 0.2) is 0 Å². The van der Waals surface area contributed by atoms with Crippen molar-refractivity contribution in [3.63, 3.8) is 0 Å². The van der Waals surface area contributed by atoms with Gasteiger partial charge in [-0.2, -0.15) is 0 Å². The maximum absolute atomic E-state index is 5.86. The van der Waals surface area contributed by atoms with Crippen LogP contribution in [0.1, 0.15) is 26.7 Å². The van der Waals surface area contributed by atoms with Crippen molar-refractivity contribution in [2.45, 2.75) is 32.7 Å². The molecule has 0 aromatic heterocycles. The molecular formula is C17H27NO3. The zero-order chi connectivity index (χ0) is 15.1. The van der Waals surface area contributed by atoms with E-state index in [1.165, 1.54) is 0 Å². The Morgan fingerprint density at radius 2 is 1.95 bits per heavy atom. The van der Waals surface area contributed by atoms with Gasteiger partial charge in [0.2, 0.25) is 0 Å². The van der Waals surface area contributed by atoms with Crippen molar-refractivity contribution >= 4 is 0 Å². The third-order valence-corrected chi connectivity index (χ3v) is 4.03. The van der Waals surface area contributed by atoms with E-state index in [2.05, 4.69) is 19.2 Å². The molecule has 1 aliphatic heterocycles. The van der Waals surface area contributed by atoms with E-state index in [4.69, 9.17) is 14.2 Å². The van der Waals surface area contributed by atoms with Gasteiger partial charge in [0.25, 0.3) is 0 Å². The average molecular weight is 293 g/mol. The number of rotatable bonds is 8. The van der Waals surface area contributed by atoms with Crippen molar-refractivity contribution in [2.75, 3.05) is 33.5 Å². The molecule has 1 fully saturated rings. The highest BCUT2D eigenvalue weighted by Gasteiger charge is 2.34. The maximum Gasteiger partial charge on any atom is 0.119 e. The minimum Gasteiger partial charge on any atom is -0.497 e. The summed E-state index contributed by atoms with van der Waals surface area (Å²) in [5.41, 5.74) is 0.219. The molecule has 2 rings (SSSR count). The molecule has 4 heteroatoms.